The Hall–Kier alpha value is -3.02. The third-order valence-electron chi connectivity index (χ3n) is 4.00. The van der Waals surface area contributed by atoms with Crippen molar-refractivity contribution in [1.82, 2.24) is 10.6 Å². The van der Waals surface area contributed by atoms with Gasteiger partial charge >= 0.3 is 0 Å². The van der Waals surface area contributed by atoms with E-state index >= 15 is 0 Å². The van der Waals surface area contributed by atoms with Crippen molar-refractivity contribution >= 4 is 17.5 Å². The Bertz CT molecular complexity index is 744. The Kier molecular flexibility index (Phi) is 7.02. The van der Waals surface area contributed by atoms with Crippen molar-refractivity contribution in [2.24, 2.45) is 0 Å². The van der Waals surface area contributed by atoms with Gasteiger partial charge in [-0.1, -0.05) is 18.2 Å². The van der Waals surface area contributed by atoms with Gasteiger partial charge in [-0.3, -0.25) is 9.59 Å². The number of amides is 2. The number of rotatable bonds is 8. The van der Waals surface area contributed by atoms with E-state index in [1.54, 1.807) is 39.3 Å². The smallest absolute Gasteiger partial charge is 0.251 e. The predicted octanol–water partition coefficient (Wildman–Crippen LogP) is 2.21. The van der Waals surface area contributed by atoms with Crippen LogP contribution in [0.5, 0.6) is 5.75 Å². The average Bonchev–Trinajstić information content (AvgIpc) is 2.68. The molecule has 2 amide bonds. The third-order valence-corrected chi connectivity index (χ3v) is 4.00. The number of hydrogen-bond donors (Lipinski definition) is 3. The summed E-state index contributed by atoms with van der Waals surface area (Å²) in [6.07, 6.45) is 0.745. The van der Waals surface area contributed by atoms with Crippen LogP contribution in [0.1, 0.15) is 22.8 Å². The maximum atomic E-state index is 12.2. The van der Waals surface area contributed by atoms with Crippen molar-refractivity contribution < 1.29 is 14.3 Å². The fourth-order valence-electron chi connectivity index (χ4n) is 2.49. The Balaban J connectivity index is 1.82. The van der Waals surface area contributed by atoms with Crippen LogP contribution in [0.4, 0.5) is 5.69 Å². The van der Waals surface area contributed by atoms with E-state index in [0.29, 0.717) is 12.1 Å². The lowest BCUT2D eigenvalue weighted by molar-refractivity contribution is -0.121. The molecule has 0 bridgehead atoms. The van der Waals surface area contributed by atoms with Crippen molar-refractivity contribution in [1.29, 1.82) is 0 Å². The van der Waals surface area contributed by atoms with Crippen molar-refractivity contribution in [3.63, 3.8) is 0 Å². The summed E-state index contributed by atoms with van der Waals surface area (Å²) in [6.45, 7) is 2.34. The van der Waals surface area contributed by atoms with Gasteiger partial charge in [-0.2, -0.15) is 0 Å². The molecule has 26 heavy (non-hydrogen) atoms. The quantitative estimate of drug-likeness (QED) is 0.678. The standard InChI is InChI=1S/C20H25N3O3/c1-14(23-17-6-4-5-16(13-17)20(25)21-2)19(24)22-12-11-15-7-9-18(26-3)10-8-15/h4-10,13-14,23H,11-12H2,1-3H3,(H,21,25)(H,22,24). The molecule has 0 saturated heterocycles. The molecule has 1 unspecified atom stereocenters. The molecule has 3 N–H and O–H groups in total. The van der Waals surface area contributed by atoms with Gasteiger partial charge in [-0.15, -0.1) is 0 Å². The normalized spacial score (nSPS) is 11.3. The lowest BCUT2D eigenvalue weighted by Gasteiger charge is -2.16. The first-order chi connectivity index (χ1) is 12.5. The predicted molar refractivity (Wildman–Crippen MR) is 103 cm³/mol. The zero-order valence-corrected chi connectivity index (χ0v) is 15.3. The van der Waals surface area contributed by atoms with E-state index in [-0.39, 0.29) is 11.8 Å². The third kappa shape index (κ3) is 5.51. The molecule has 6 nitrogen and oxygen atoms in total. The number of nitrogens with one attached hydrogen (secondary N) is 3. The monoisotopic (exact) mass is 355 g/mol. The van der Waals surface area contributed by atoms with Gasteiger partial charge in [0.1, 0.15) is 11.8 Å². The van der Waals surface area contributed by atoms with Crippen LogP contribution in [-0.4, -0.2) is 38.6 Å². The molecule has 2 rings (SSSR count). The number of carbonyl (C=O) groups excluding carboxylic acids is 2. The number of methoxy groups -OCH3 is 1. The highest BCUT2D eigenvalue weighted by Crippen LogP contribution is 2.13. The summed E-state index contributed by atoms with van der Waals surface area (Å²) in [4.78, 5) is 23.9. The van der Waals surface area contributed by atoms with Gasteiger partial charge in [-0.05, 0) is 49.2 Å². The minimum atomic E-state index is -0.411. The molecule has 2 aromatic rings. The first-order valence-electron chi connectivity index (χ1n) is 8.53. The molecular formula is C20H25N3O3. The fraction of sp³-hybridized carbons (Fsp3) is 0.300. The van der Waals surface area contributed by atoms with Gasteiger partial charge in [0.15, 0.2) is 0 Å². The van der Waals surface area contributed by atoms with Crippen molar-refractivity contribution in [2.45, 2.75) is 19.4 Å². The summed E-state index contributed by atoms with van der Waals surface area (Å²) in [5.41, 5.74) is 2.40. The molecule has 0 aromatic heterocycles. The Morgan fingerprint density at radius 2 is 1.85 bits per heavy atom. The summed E-state index contributed by atoms with van der Waals surface area (Å²) >= 11 is 0. The highest BCUT2D eigenvalue weighted by molar-refractivity contribution is 5.95. The molecule has 6 heteroatoms. The number of hydrogen-bond acceptors (Lipinski definition) is 4. The van der Waals surface area contributed by atoms with Crippen LogP contribution in [0.15, 0.2) is 48.5 Å². The Morgan fingerprint density at radius 1 is 1.12 bits per heavy atom. The van der Waals surface area contributed by atoms with Crippen LogP contribution < -0.4 is 20.7 Å². The lowest BCUT2D eigenvalue weighted by Crippen LogP contribution is -2.38. The maximum Gasteiger partial charge on any atom is 0.251 e. The molecule has 0 saturated carbocycles. The van der Waals surface area contributed by atoms with Gasteiger partial charge in [0, 0.05) is 24.8 Å². The minimum Gasteiger partial charge on any atom is -0.497 e. The van der Waals surface area contributed by atoms with Crippen LogP contribution in [0.2, 0.25) is 0 Å². The van der Waals surface area contributed by atoms with Gasteiger partial charge in [0.25, 0.3) is 5.91 Å². The molecular weight excluding hydrogens is 330 g/mol. The van der Waals surface area contributed by atoms with Crippen molar-refractivity contribution in [3.05, 3.63) is 59.7 Å². The van der Waals surface area contributed by atoms with Gasteiger partial charge in [0.2, 0.25) is 5.91 Å². The Morgan fingerprint density at radius 3 is 2.50 bits per heavy atom. The first-order valence-corrected chi connectivity index (χ1v) is 8.53. The van der Waals surface area contributed by atoms with E-state index < -0.39 is 6.04 Å². The van der Waals surface area contributed by atoms with E-state index in [1.165, 1.54) is 0 Å². The first kappa shape index (κ1) is 19.3. The lowest BCUT2D eigenvalue weighted by atomic mass is 10.1. The van der Waals surface area contributed by atoms with Crippen molar-refractivity contribution in [3.8, 4) is 5.75 Å². The van der Waals surface area contributed by atoms with Gasteiger partial charge < -0.3 is 20.7 Å². The van der Waals surface area contributed by atoms with E-state index in [2.05, 4.69) is 16.0 Å². The zero-order valence-electron chi connectivity index (χ0n) is 15.3. The summed E-state index contributed by atoms with van der Waals surface area (Å²) < 4.78 is 5.13. The second kappa shape index (κ2) is 9.46. The molecule has 138 valence electrons. The van der Waals surface area contributed by atoms with E-state index in [4.69, 9.17) is 4.74 Å². The van der Waals surface area contributed by atoms with Crippen LogP contribution in [0.3, 0.4) is 0 Å². The van der Waals surface area contributed by atoms with E-state index in [0.717, 1.165) is 23.4 Å². The Labute approximate surface area is 153 Å². The summed E-state index contributed by atoms with van der Waals surface area (Å²) in [7, 11) is 3.22. The summed E-state index contributed by atoms with van der Waals surface area (Å²) in [5, 5.41) is 8.61. The maximum absolute atomic E-state index is 12.2. The van der Waals surface area contributed by atoms with Crippen molar-refractivity contribution in [2.75, 3.05) is 26.0 Å². The summed E-state index contributed by atoms with van der Waals surface area (Å²) in [6, 6.07) is 14.4. The zero-order chi connectivity index (χ0) is 18.9. The second-order valence-corrected chi connectivity index (χ2v) is 5.92. The molecule has 0 aliphatic rings. The molecule has 0 aliphatic carbocycles. The minimum absolute atomic E-state index is 0.0937. The van der Waals surface area contributed by atoms with Gasteiger partial charge in [0.05, 0.1) is 7.11 Å². The largest absolute Gasteiger partial charge is 0.497 e. The number of anilines is 1. The molecule has 2 aromatic carbocycles. The van der Waals surface area contributed by atoms with Crippen LogP contribution in [0, 0.1) is 0 Å². The van der Waals surface area contributed by atoms with Crippen LogP contribution in [0.25, 0.3) is 0 Å². The molecule has 0 radical (unpaired) electrons. The molecule has 0 spiro atoms. The molecule has 0 heterocycles. The second-order valence-electron chi connectivity index (χ2n) is 5.92. The summed E-state index contributed by atoms with van der Waals surface area (Å²) in [5.74, 6) is 0.559. The van der Waals surface area contributed by atoms with Crippen LogP contribution >= 0.6 is 0 Å². The number of benzene rings is 2. The highest BCUT2D eigenvalue weighted by Gasteiger charge is 2.13. The molecule has 0 fully saturated rings. The van der Waals surface area contributed by atoms with Gasteiger partial charge in [-0.25, -0.2) is 0 Å². The van der Waals surface area contributed by atoms with E-state index in [1.807, 2.05) is 30.3 Å². The number of ether oxygens (including phenoxy) is 1. The number of carbonyl (C=O) groups is 2. The SMILES string of the molecule is CNC(=O)c1cccc(NC(C)C(=O)NCCc2ccc(OC)cc2)c1. The topological polar surface area (TPSA) is 79.5 Å². The van der Waals surface area contributed by atoms with Crippen LogP contribution in [-0.2, 0) is 11.2 Å². The average molecular weight is 355 g/mol. The molecule has 1 atom stereocenters. The fourth-order valence-corrected chi connectivity index (χ4v) is 2.49. The van der Waals surface area contributed by atoms with E-state index in [9.17, 15) is 9.59 Å². The highest BCUT2D eigenvalue weighted by atomic mass is 16.5. The molecule has 0 aliphatic heterocycles.